The SMILES string of the molecule is CCc1n[nH]c(CC)n1.Cl. The van der Waals surface area contributed by atoms with Crippen LogP contribution in [0, 0.1) is 0 Å². The van der Waals surface area contributed by atoms with Gasteiger partial charge in [0.1, 0.15) is 11.6 Å². The third-order valence-corrected chi connectivity index (χ3v) is 1.23. The summed E-state index contributed by atoms with van der Waals surface area (Å²) in [4.78, 5) is 4.18. The second-order valence-electron chi connectivity index (χ2n) is 1.91. The lowest BCUT2D eigenvalue weighted by Crippen LogP contribution is -1.83. The summed E-state index contributed by atoms with van der Waals surface area (Å²) in [6.45, 7) is 4.10. The molecule has 0 amide bonds. The molecule has 0 bridgehead atoms. The van der Waals surface area contributed by atoms with Gasteiger partial charge >= 0.3 is 0 Å². The first kappa shape index (κ1) is 9.43. The van der Waals surface area contributed by atoms with Crippen LogP contribution in [0.5, 0.6) is 0 Å². The first-order chi connectivity index (χ1) is 4.36. The third-order valence-electron chi connectivity index (χ3n) is 1.23. The number of nitrogens with zero attached hydrogens (tertiary/aromatic N) is 2. The predicted octanol–water partition coefficient (Wildman–Crippen LogP) is 1.35. The molecule has 0 spiro atoms. The Bertz CT molecular complexity index is 166. The third kappa shape index (κ3) is 1.99. The van der Waals surface area contributed by atoms with Crippen molar-refractivity contribution >= 4 is 12.4 Å². The molecule has 3 nitrogen and oxygen atoms in total. The van der Waals surface area contributed by atoms with Gasteiger partial charge in [0.15, 0.2) is 0 Å². The van der Waals surface area contributed by atoms with Crippen molar-refractivity contribution in [2.24, 2.45) is 0 Å². The summed E-state index contributed by atoms with van der Waals surface area (Å²) >= 11 is 0. The minimum atomic E-state index is 0. The fraction of sp³-hybridized carbons (Fsp3) is 0.667. The summed E-state index contributed by atoms with van der Waals surface area (Å²) in [5, 5.41) is 6.81. The molecule has 0 aliphatic rings. The number of aryl methyl sites for hydroxylation is 2. The zero-order valence-electron chi connectivity index (χ0n) is 6.22. The molecule has 10 heavy (non-hydrogen) atoms. The molecule has 1 aromatic rings. The van der Waals surface area contributed by atoms with Crippen LogP contribution >= 0.6 is 12.4 Å². The van der Waals surface area contributed by atoms with Crippen LogP contribution in [0.15, 0.2) is 0 Å². The quantitative estimate of drug-likeness (QED) is 0.712. The molecule has 0 fully saturated rings. The van der Waals surface area contributed by atoms with Crippen molar-refractivity contribution in [3.63, 3.8) is 0 Å². The molecular formula is C6H12ClN3. The van der Waals surface area contributed by atoms with Crippen molar-refractivity contribution in [1.82, 2.24) is 15.2 Å². The Morgan fingerprint density at radius 2 is 2.00 bits per heavy atom. The number of aromatic amines is 1. The van der Waals surface area contributed by atoms with E-state index in [0.29, 0.717) is 0 Å². The summed E-state index contributed by atoms with van der Waals surface area (Å²) in [7, 11) is 0. The minimum absolute atomic E-state index is 0. The fourth-order valence-corrected chi connectivity index (χ4v) is 0.651. The van der Waals surface area contributed by atoms with Gasteiger partial charge in [-0.2, -0.15) is 5.10 Å². The largest absolute Gasteiger partial charge is 0.263 e. The number of halogens is 1. The van der Waals surface area contributed by atoms with Crippen molar-refractivity contribution < 1.29 is 0 Å². The predicted molar refractivity (Wildman–Crippen MR) is 42.4 cm³/mol. The summed E-state index contributed by atoms with van der Waals surface area (Å²) in [6, 6.07) is 0. The lowest BCUT2D eigenvalue weighted by atomic mass is 10.4. The second kappa shape index (κ2) is 4.28. The van der Waals surface area contributed by atoms with E-state index in [9.17, 15) is 0 Å². The van der Waals surface area contributed by atoms with Crippen LogP contribution in [0.4, 0.5) is 0 Å². The second-order valence-corrected chi connectivity index (χ2v) is 1.91. The van der Waals surface area contributed by atoms with Crippen LogP contribution in [-0.4, -0.2) is 15.2 Å². The molecular weight excluding hydrogens is 150 g/mol. The van der Waals surface area contributed by atoms with E-state index in [1.165, 1.54) is 0 Å². The van der Waals surface area contributed by atoms with E-state index in [1.54, 1.807) is 0 Å². The number of H-pyrrole nitrogens is 1. The smallest absolute Gasteiger partial charge is 0.150 e. The molecule has 0 aromatic carbocycles. The number of hydrogen-bond acceptors (Lipinski definition) is 2. The highest BCUT2D eigenvalue weighted by molar-refractivity contribution is 5.85. The lowest BCUT2D eigenvalue weighted by molar-refractivity contribution is 0.936. The van der Waals surface area contributed by atoms with E-state index in [1.807, 2.05) is 6.92 Å². The Hall–Kier alpha value is -0.570. The van der Waals surface area contributed by atoms with Crippen LogP contribution in [0.3, 0.4) is 0 Å². The summed E-state index contributed by atoms with van der Waals surface area (Å²) in [5.41, 5.74) is 0. The lowest BCUT2D eigenvalue weighted by Gasteiger charge is -1.80. The van der Waals surface area contributed by atoms with Gasteiger partial charge in [0.25, 0.3) is 0 Å². The molecule has 0 aliphatic carbocycles. The number of aromatic nitrogens is 3. The topological polar surface area (TPSA) is 41.6 Å². The van der Waals surface area contributed by atoms with E-state index >= 15 is 0 Å². The minimum Gasteiger partial charge on any atom is -0.263 e. The van der Waals surface area contributed by atoms with Gasteiger partial charge < -0.3 is 0 Å². The van der Waals surface area contributed by atoms with Crippen LogP contribution in [-0.2, 0) is 12.8 Å². The highest BCUT2D eigenvalue weighted by atomic mass is 35.5. The molecule has 1 rings (SSSR count). The molecule has 0 saturated heterocycles. The van der Waals surface area contributed by atoms with Gasteiger partial charge in [-0.1, -0.05) is 13.8 Å². The van der Waals surface area contributed by atoms with E-state index in [0.717, 1.165) is 24.5 Å². The summed E-state index contributed by atoms with van der Waals surface area (Å²) in [6.07, 6.45) is 1.85. The molecule has 0 unspecified atom stereocenters. The maximum atomic E-state index is 4.18. The van der Waals surface area contributed by atoms with E-state index in [2.05, 4.69) is 22.1 Å². The van der Waals surface area contributed by atoms with E-state index in [4.69, 9.17) is 0 Å². The van der Waals surface area contributed by atoms with Gasteiger partial charge in [-0.15, -0.1) is 12.4 Å². The van der Waals surface area contributed by atoms with Gasteiger partial charge in [0.2, 0.25) is 0 Å². The zero-order valence-corrected chi connectivity index (χ0v) is 7.03. The van der Waals surface area contributed by atoms with Gasteiger partial charge in [-0.3, -0.25) is 5.10 Å². The summed E-state index contributed by atoms with van der Waals surface area (Å²) < 4.78 is 0. The summed E-state index contributed by atoms with van der Waals surface area (Å²) in [5.74, 6) is 1.89. The van der Waals surface area contributed by atoms with Crippen molar-refractivity contribution in [2.45, 2.75) is 26.7 Å². The highest BCUT2D eigenvalue weighted by Gasteiger charge is 1.95. The van der Waals surface area contributed by atoms with Crippen LogP contribution in [0.25, 0.3) is 0 Å². The first-order valence-corrected chi connectivity index (χ1v) is 3.27. The van der Waals surface area contributed by atoms with Gasteiger partial charge in [-0.25, -0.2) is 4.98 Å². The molecule has 0 aliphatic heterocycles. The number of rotatable bonds is 2. The Kier molecular flexibility index (Phi) is 4.03. The molecule has 0 atom stereocenters. The fourth-order valence-electron chi connectivity index (χ4n) is 0.651. The maximum absolute atomic E-state index is 4.18. The Balaban J connectivity index is 0.000000810. The standard InChI is InChI=1S/C6H11N3.ClH/c1-3-5-7-6(4-2)9-8-5;/h3-4H2,1-2H3,(H,7,8,9);1H. The van der Waals surface area contributed by atoms with Crippen LogP contribution in [0.1, 0.15) is 25.5 Å². The van der Waals surface area contributed by atoms with Crippen molar-refractivity contribution in [3.8, 4) is 0 Å². The Morgan fingerprint density at radius 3 is 2.30 bits per heavy atom. The average Bonchev–Trinajstić information content (AvgIpc) is 2.34. The highest BCUT2D eigenvalue weighted by Crippen LogP contribution is 1.92. The van der Waals surface area contributed by atoms with Crippen LogP contribution in [0.2, 0.25) is 0 Å². The van der Waals surface area contributed by atoms with Crippen molar-refractivity contribution in [1.29, 1.82) is 0 Å². The molecule has 58 valence electrons. The van der Waals surface area contributed by atoms with Crippen molar-refractivity contribution in [2.75, 3.05) is 0 Å². The Labute approximate surface area is 66.7 Å². The number of nitrogens with one attached hydrogen (secondary N) is 1. The monoisotopic (exact) mass is 161 g/mol. The zero-order chi connectivity index (χ0) is 6.69. The van der Waals surface area contributed by atoms with E-state index in [-0.39, 0.29) is 12.4 Å². The molecule has 4 heteroatoms. The molecule has 0 radical (unpaired) electrons. The number of hydrogen-bond donors (Lipinski definition) is 1. The normalized spacial score (nSPS) is 9.00. The molecule has 1 N–H and O–H groups in total. The molecule has 1 heterocycles. The first-order valence-electron chi connectivity index (χ1n) is 3.27. The van der Waals surface area contributed by atoms with Crippen LogP contribution < -0.4 is 0 Å². The van der Waals surface area contributed by atoms with Gasteiger partial charge in [0, 0.05) is 12.8 Å². The molecule has 1 aromatic heterocycles. The van der Waals surface area contributed by atoms with E-state index < -0.39 is 0 Å². The van der Waals surface area contributed by atoms with Gasteiger partial charge in [0.05, 0.1) is 0 Å². The average molecular weight is 162 g/mol. The maximum Gasteiger partial charge on any atom is 0.150 e. The molecule has 0 saturated carbocycles. The van der Waals surface area contributed by atoms with Crippen molar-refractivity contribution in [3.05, 3.63) is 11.6 Å². The van der Waals surface area contributed by atoms with Gasteiger partial charge in [-0.05, 0) is 0 Å². The Morgan fingerprint density at radius 1 is 1.30 bits per heavy atom.